The van der Waals surface area contributed by atoms with Gasteiger partial charge in [-0.3, -0.25) is 4.79 Å². The van der Waals surface area contributed by atoms with Crippen molar-refractivity contribution >= 4 is 12.4 Å². The fourth-order valence-corrected chi connectivity index (χ4v) is 0.690. The molecule has 0 fully saturated rings. The lowest BCUT2D eigenvalue weighted by Crippen LogP contribution is -1.70. The molecule has 0 radical (unpaired) electrons. The lowest BCUT2D eigenvalue weighted by atomic mass is 10.4. The molecule has 1 heterocycles. The Morgan fingerprint density at radius 1 is 1.45 bits per heavy atom. The molecule has 0 unspecified atom stereocenters. The van der Waals surface area contributed by atoms with Gasteiger partial charge >= 0.3 is 0 Å². The summed E-state index contributed by atoms with van der Waals surface area (Å²) in [6, 6.07) is 3.24. The highest BCUT2D eigenvalue weighted by atomic mass is 16.3. The van der Waals surface area contributed by atoms with Crippen molar-refractivity contribution in [1.82, 2.24) is 0 Å². The molecule has 1 aromatic rings. The number of aliphatic hydroxyl groups is 1. The topological polar surface area (TPSA) is 50.4 Å². The van der Waals surface area contributed by atoms with E-state index < -0.39 is 0 Å². The monoisotopic (exact) mass is 152 g/mol. The molecule has 0 aliphatic carbocycles. The van der Waals surface area contributed by atoms with E-state index >= 15 is 0 Å². The van der Waals surface area contributed by atoms with E-state index in [1.807, 2.05) is 0 Å². The van der Waals surface area contributed by atoms with Gasteiger partial charge in [-0.05, 0) is 18.2 Å². The first-order valence-electron chi connectivity index (χ1n) is 3.19. The van der Waals surface area contributed by atoms with Crippen LogP contribution in [0.25, 0.3) is 6.08 Å². The first-order chi connectivity index (χ1) is 5.36. The van der Waals surface area contributed by atoms with Crippen molar-refractivity contribution in [2.45, 2.75) is 0 Å². The number of aldehydes is 1. The van der Waals surface area contributed by atoms with Crippen LogP contribution in [-0.4, -0.2) is 18.0 Å². The van der Waals surface area contributed by atoms with Gasteiger partial charge in [-0.2, -0.15) is 0 Å². The van der Waals surface area contributed by atoms with Crippen LogP contribution in [0.15, 0.2) is 22.6 Å². The molecule has 3 heteroatoms. The van der Waals surface area contributed by atoms with Gasteiger partial charge in [0.1, 0.15) is 5.76 Å². The fraction of sp³-hybridized carbons (Fsp3) is 0.125. The Kier molecular flexibility index (Phi) is 2.63. The van der Waals surface area contributed by atoms with E-state index in [4.69, 9.17) is 9.52 Å². The largest absolute Gasteiger partial charge is 0.454 e. The van der Waals surface area contributed by atoms with Gasteiger partial charge < -0.3 is 9.52 Å². The Morgan fingerprint density at radius 3 is 2.73 bits per heavy atom. The molecule has 0 aliphatic heterocycles. The second-order valence-corrected chi connectivity index (χ2v) is 1.94. The minimum atomic E-state index is -0.0306. The summed E-state index contributed by atoms with van der Waals surface area (Å²) in [6.07, 6.45) is 3.77. The molecule has 0 atom stereocenters. The third-order valence-corrected chi connectivity index (χ3v) is 1.15. The van der Waals surface area contributed by atoms with Crippen LogP contribution in [-0.2, 0) is 0 Å². The molecule has 0 bridgehead atoms. The Bertz CT molecular complexity index is 260. The quantitative estimate of drug-likeness (QED) is 0.660. The van der Waals surface area contributed by atoms with Crippen LogP contribution in [0.2, 0.25) is 0 Å². The number of rotatable bonds is 3. The van der Waals surface area contributed by atoms with E-state index in [-0.39, 0.29) is 6.61 Å². The smallest absolute Gasteiger partial charge is 0.185 e. The summed E-state index contributed by atoms with van der Waals surface area (Å²) in [4.78, 5) is 10.1. The average molecular weight is 152 g/mol. The molecule has 0 saturated carbocycles. The van der Waals surface area contributed by atoms with Crippen LogP contribution in [0, 0.1) is 0 Å². The lowest BCUT2D eigenvalue weighted by molar-refractivity contribution is 0.110. The van der Waals surface area contributed by atoms with Crippen molar-refractivity contribution in [2.24, 2.45) is 0 Å². The molecule has 11 heavy (non-hydrogen) atoms. The second-order valence-electron chi connectivity index (χ2n) is 1.94. The Morgan fingerprint density at radius 2 is 2.18 bits per heavy atom. The Labute approximate surface area is 64.0 Å². The maximum Gasteiger partial charge on any atom is 0.185 e. The van der Waals surface area contributed by atoms with E-state index in [0.29, 0.717) is 17.8 Å². The summed E-state index contributed by atoms with van der Waals surface area (Å²) in [6.45, 7) is -0.0306. The summed E-state index contributed by atoms with van der Waals surface area (Å²) in [5.74, 6) is 0.865. The van der Waals surface area contributed by atoms with Crippen LogP contribution in [0.1, 0.15) is 16.3 Å². The molecule has 1 rings (SSSR count). The molecule has 58 valence electrons. The number of furan rings is 1. The van der Waals surface area contributed by atoms with Gasteiger partial charge in [0.05, 0.1) is 6.61 Å². The molecule has 0 saturated heterocycles. The van der Waals surface area contributed by atoms with Crippen molar-refractivity contribution in [1.29, 1.82) is 0 Å². The predicted octanol–water partition coefficient (Wildman–Crippen LogP) is 1.10. The van der Waals surface area contributed by atoms with E-state index in [2.05, 4.69) is 0 Å². The predicted molar refractivity (Wildman–Crippen MR) is 40.2 cm³/mol. The Balaban J connectivity index is 2.72. The molecule has 3 nitrogen and oxygen atoms in total. The second kappa shape index (κ2) is 3.73. The number of hydrogen-bond acceptors (Lipinski definition) is 3. The highest BCUT2D eigenvalue weighted by Crippen LogP contribution is 2.06. The number of aliphatic hydroxyl groups excluding tert-OH is 1. The SMILES string of the molecule is O=Cc1ccc(C=CCO)o1. The van der Waals surface area contributed by atoms with Crippen molar-refractivity contribution < 1.29 is 14.3 Å². The molecule has 0 aliphatic rings. The number of carbonyl (C=O) groups is 1. The zero-order valence-electron chi connectivity index (χ0n) is 5.86. The third-order valence-electron chi connectivity index (χ3n) is 1.15. The summed E-state index contributed by atoms with van der Waals surface area (Å²) in [5, 5.41) is 8.39. The van der Waals surface area contributed by atoms with Gasteiger partial charge in [-0.1, -0.05) is 6.08 Å². The van der Waals surface area contributed by atoms with Crippen LogP contribution < -0.4 is 0 Å². The summed E-state index contributed by atoms with van der Waals surface area (Å²) >= 11 is 0. The molecule has 1 aromatic heterocycles. The van der Waals surface area contributed by atoms with Crippen LogP contribution in [0.5, 0.6) is 0 Å². The van der Waals surface area contributed by atoms with Gasteiger partial charge in [0.2, 0.25) is 0 Å². The molecule has 0 aromatic carbocycles. The maximum absolute atomic E-state index is 10.1. The fourth-order valence-electron chi connectivity index (χ4n) is 0.690. The molecule has 0 amide bonds. The lowest BCUT2D eigenvalue weighted by Gasteiger charge is -1.81. The standard InChI is InChI=1S/C8H8O3/c9-5-1-2-7-3-4-8(6-10)11-7/h1-4,6,9H,5H2. The molecular weight excluding hydrogens is 144 g/mol. The van der Waals surface area contributed by atoms with E-state index in [0.717, 1.165) is 0 Å². The average Bonchev–Trinajstić information content (AvgIpc) is 2.48. The van der Waals surface area contributed by atoms with Crippen LogP contribution >= 0.6 is 0 Å². The highest BCUT2D eigenvalue weighted by molar-refractivity contribution is 5.71. The van der Waals surface area contributed by atoms with Gasteiger partial charge in [0, 0.05) is 0 Å². The van der Waals surface area contributed by atoms with E-state index in [1.54, 1.807) is 18.2 Å². The molecular formula is C8H8O3. The minimum Gasteiger partial charge on any atom is -0.454 e. The highest BCUT2D eigenvalue weighted by Gasteiger charge is 1.94. The van der Waals surface area contributed by atoms with E-state index in [1.165, 1.54) is 6.08 Å². The first-order valence-corrected chi connectivity index (χ1v) is 3.19. The summed E-state index contributed by atoms with van der Waals surface area (Å²) in [7, 11) is 0. The third kappa shape index (κ3) is 2.05. The zero-order valence-corrected chi connectivity index (χ0v) is 5.86. The maximum atomic E-state index is 10.1. The van der Waals surface area contributed by atoms with Crippen molar-refractivity contribution in [3.05, 3.63) is 29.7 Å². The van der Waals surface area contributed by atoms with Crippen molar-refractivity contribution in [2.75, 3.05) is 6.61 Å². The number of hydrogen-bond donors (Lipinski definition) is 1. The molecule has 1 N–H and O–H groups in total. The van der Waals surface area contributed by atoms with E-state index in [9.17, 15) is 4.79 Å². The summed E-state index contributed by atoms with van der Waals surface area (Å²) in [5.41, 5.74) is 0. The van der Waals surface area contributed by atoms with Crippen LogP contribution in [0.3, 0.4) is 0 Å². The van der Waals surface area contributed by atoms with Gasteiger partial charge in [0.15, 0.2) is 12.0 Å². The van der Waals surface area contributed by atoms with Gasteiger partial charge in [0.25, 0.3) is 0 Å². The number of carbonyl (C=O) groups excluding carboxylic acids is 1. The minimum absolute atomic E-state index is 0.0306. The molecule has 0 spiro atoms. The zero-order chi connectivity index (χ0) is 8.10. The van der Waals surface area contributed by atoms with Crippen LogP contribution in [0.4, 0.5) is 0 Å². The normalized spacial score (nSPS) is 10.6. The Hall–Kier alpha value is -1.35. The van der Waals surface area contributed by atoms with Crippen molar-refractivity contribution in [3.8, 4) is 0 Å². The first kappa shape index (κ1) is 7.75. The summed E-state index contributed by atoms with van der Waals surface area (Å²) < 4.78 is 4.97. The van der Waals surface area contributed by atoms with Gasteiger partial charge in [-0.15, -0.1) is 0 Å². The van der Waals surface area contributed by atoms with Crippen molar-refractivity contribution in [3.63, 3.8) is 0 Å². The van der Waals surface area contributed by atoms with Gasteiger partial charge in [-0.25, -0.2) is 0 Å².